The lowest BCUT2D eigenvalue weighted by Gasteiger charge is -2.08. The van der Waals surface area contributed by atoms with Crippen LogP contribution >= 0.6 is 0 Å². The van der Waals surface area contributed by atoms with Crippen molar-refractivity contribution in [1.82, 2.24) is 14.6 Å². The number of phenols is 1. The van der Waals surface area contributed by atoms with E-state index in [1.165, 1.54) is 12.1 Å². The molecule has 9 heteroatoms. The number of benzene rings is 2. The van der Waals surface area contributed by atoms with Crippen molar-refractivity contribution in [2.24, 2.45) is 5.14 Å². The molecule has 4 aromatic rings. The van der Waals surface area contributed by atoms with Crippen LogP contribution in [0.2, 0.25) is 0 Å². The molecule has 2 heterocycles. The molecule has 0 unspecified atom stereocenters. The number of nitrogens with two attached hydrogens (primary N) is 1. The summed E-state index contributed by atoms with van der Waals surface area (Å²) in [6.07, 6.45) is 1.73. The number of sulfonamides is 1. The van der Waals surface area contributed by atoms with E-state index in [1.807, 2.05) is 12.1 Å². The van der Waals surface area contributed by atoms with Gasteiger partial charge in [0.05, 0.1) is 16.8 Å². The van der Waals surface area contributed by atoms with Crippen LogP contribution in [0.25, 0.3) is 16.9 Å². The van der Waals surface area contributed by atoms with E-state index in [-0.39, 0.29) is 10.6 Å². The van der Waals surface area contributed by atoms with E-state index in [9.17, 15) is 13.5 Å². The van der Waals surface area contributed by atoms with E-state index >= 15 is 0 Å². The number of anilines is 1. The summed E-state index contributed by atoms with van der Waals surface area (Å²) < 4.78 is 24.4. The summed E-state index contributed by atoms with van der Waals surface area (Å²) in [6, 6.07) is 16.8. The van der Waals surface area contributed by atoms with Gasteiger partial charge in [-0.3, -0.25) is 0 Å². The van der Waals surface area contributed by atoms with Crippen molar-refractivity contribution in [3.8, 4) is 17.0 Å². The average Bonchev–Trinajstić information content (AvgIpc) is 3.10. The highest BCUT2D eigenvalue weighted by Crippen LogP contribution is 2.23. The third-order valence-corrected chi connectivity index (χ3v) is 5.18. The minimum Gasteiger partial charge on any atom is -0.508 e. The van der Waals surface area contributed by atoms with Gasteiger partial charge in [-0.05, 0) is 54.1 Å². The van der Waals surface area contributed by atoms with Gasteiger partial charge in [-0.15, -0.1) is 5.10 Å². The predicted molar refractivity (Wildman–Crippen MR) is 105 cm³/mol. The first-order chi connectivity index (χ1) is 13.4. The van der Waals surface area contributed by atoms with Crippen molar-refractivity contribution in [1.29, 1.82) is 0 Å². The lowest BCUT2D eigenvalue weighted by atomic mass is 10.2. The summed E-state index contributed by atoms with van der Waals surface area (Å²) in [6.45, 7) is 0.465. The van der Waals surface area contributed by atoms with Gasteiger partial charge in [-0.25, -0.2) is 23.1 Å². The summed E-state index contributed by atoms with van der Waals surface area (Å²) in [5.41, 5.74) is 3.27. The zero-order valence-electron chi connectivity index (χ0n) is 14.6. The third kappa shape index (κ3) is 3.66. The van der Waals surface area contributed by atoms with Gasteiger partial charge in [0.2, 0.25) is 10.0 Å². The number of rotatable bonds is 5. The minimum absolute atomic E-state index is 0.0766. The Kier molecular flexibility index (Phi) is 4.46. The van der Waals surface area contributed by atoms with E-state index < -0.39 is 10.0 Å². The van der Waals surface area contributed by atoms with Crippen molar-refractivity contribution in [3.63, 3.8) is 0 Å². The second-order valence-electron chi connectivity index (χ2n) is 6.22. The fourth-order valence-corrected chi connectivity index (χ4v) is 3.30. The molecule has 28 heavy (non-hydrogen) atoms. The van der Waals surface area contributed by atoms with E-state index in [0.29, 0.717) is 18.0 Å². The largest absolute Gasteiger partial charge is 0.508 e. The summed E-state index contributed by atoms with van der Waals surface area (Å²) in [5, 5.41) is 22.4. The van der Waals surface area contributed by atoms with Crippen LogP contribution < -0.4 is 10.5 Å². The monoisotopic (exact) mass is 395 g/mol. The smallest absolute Gasteiger partial charge is 0.238 e. The number of fused-ring (bicyclic) bond motifs is 1. The standard InChI is InChI=1S/C19H17N5O3S/c20-28(26,27)16-7-1-13(2-8-16)11-21-18-9-10-19-22-12-17(24(19)23-18)14-3-5-15(25)6-4-14/h1-10,12,25H,11H2,(H,21,23)(H2,20,26,27). The first-order valence-electron chi connectivity index (χ1n) is 8.40. The highest BCUT2D eigenvalue weighted by atomic mass is 32.2. The van der Waals surface area contributed by atoms with Crippen LogP contribution in [-0.4, -0.2) is 28.1 Å². The van der Waals surface area contributed by atoms with Crippen LogP contribution in [0.5, 0.6) is 5.75 Å². The second-order valence-corrected chi connectivity index (χ2v) is 7.78. The Morgan fingerprint density at radius 2 is 1.71 bits per heavy atom. The number of nitrogens with one attached hydrogen (secondary N) is 1. The number of hydrogen-bond donors (Lipinski definition) is 3. The summed E-state index contributed by atoms with van der Waals surface area (Å²) in [7, 11) is -3.70. The maximum atomic E-state index is 11.3. The van der Waals surface area contributed by atoms with Gasteiger partial charge in [-0.1, -0.05) is 12.1 Å². The van der Waals surface area contributed by atoms with Crippen LogP contribution in [-0.2, 0) is 16.6 Å². The molecule has 0 aliphatic carbocycles. The van der Waals surface area contributed by atoms with E-state index in [4.69, 9.17) is 5.14 Å². The quantitative estimate of drug-likeness (QED) is 0.477. The van der Waals surface area contributed by atoms with Crippen molar-refractivity contribution < 1.29 is 13.5 Å². The lowest BCUT2D eigenvalue weighted by Crippen LogP contribution is -2.12. The predicted octanol–water partition coefficient (Wildman–Crippen LogP) is 2.36. The summed E-state index contributed by atoms with van der Waals surface area (Å²) in [5.74, 6) is 0.836. The van der Waals surface area contributed by atoms with Crippen LogP contribution in [0.4, 0.5) is 5.82 Å². The van der Waals surface area contributed by atoms with Crippen LogP contribution in [0.3, 0.4) is 0 Å². The topological polar surface area (TPSA) is 123 Å². The molecule has 0 bridgehead atoms. The molecule has 2 aromatic carbocycles. The number of nitrogens with zero attached hydrogens (tertiary/aromatic N) is 3. The molecule has 142 valence electrons. The fourth-order valence-electron chi connectivity index (χ4n) is 2.79. The maximum Gasteiger partial charge on any atom is 0.238 e. The molecule has 0 spiro atoms. The van der Waals surface area contributed by atoms with Crippen molar-refractivity contribution in [2.75, 3.05) is 5.32 Å². The fraction of sp³-hybridized carbons (Fsp3) is 0.0526. The molecule has 0 saturated heterocycles. The molecule has 8 nitrogen and oxygen atoms in total. The number of primary sulfonamides is 1. The highest BCUT2D eigenvalue weighted by molar-refractivity contribution is 7.89. The summed E-state index contributed by atoms with van der Waals surface area (Å²) in [4.78, 5) is 4.43. The van der Waals surface area contributed by atoms with Crippen LogP contribution in [0.15, 0.2) is 71.8 Å². The Hall–Kier alpha value is -3.43. The first-order valence-corrected chi connectivity index (χ1v) is 9.94. The van der Waals surface area contributed by atoms with Gasteiger partial charge in [-0.2, -0.15) is 0 Å². The molecule has 4 N–H and O–H groups in total. The molecule has 4 rings (SSSR count). The molecule has 0 aliphatic rings. The Labute approximate surface area is 161 Å². The highest BCUT2D eigenvalue weighted by Gasteiger charge is 2.09. The zero-order chi connectivity index (χ0) is 19.7. The van der Waals surface area contributed by atoms with Crippen LogP contribution in [0, 0.1) is 0 Å². The molecular weight excluding hydrogens is 378 g/mol. The Balaban J connectivity index is 1.56. The maximum absolute atomic E-state index is 11.3. The van der Waals surface area contributed by atoms with Gasteiger partial charge >= 0.3 is 0 Å². The Bertz CT molecular complexity index is 1230. The van der Waals surface area contributed by atoms with Crippen molar-refractivity contribution >= 4 is 21.5 Å². The second kappa shape index (κ2) is 6.95. The zero-order valence-corrected chi connectivity index (χ0v) is 15.5. The van der Waals surface area contributed by atoms with E-state index in [2.05, 4.69) is 15.4 Å². The number of imidazole rings is 1. The first kappa shape index (κ1) is 18.0. The molecule has 0 amide bonds. The number of aromatic hydroxyl groups is 1. The molecule has 0 radical (unpaired) electrons. The van der Waals surface area contributed by atoms with Crippen LogP contribution in [0.1, 0.15) is 5.56 Å². The molecule has 0 aliphatic heterocycles. The van der Waals surface area contributed by atoms with Gasteiger partial charge in [0.15, 0.2) is 5.65 Å². The minimum atomic E-state index is -3.70. The van der Waals surface area contributed by atoms with Gasteiger partial charge < -0.3 is 10.4 Å². The Morgan fingerprint density at radius 1 is 1.00 bits per heavy atom. The molecule has 0 atom stereocenters. The number of phenolic OH excluding ortho intramolecular Hbond substituents is 1. The van der Waals surface area contributed by atoms with Crippen molar-refractivity contribution in [2.45, 2.75) is 11.4 Å². The lowest BCUT2D eigenvalue weighted by molar-refractivity contribution is 0.475. The molecule has 0 saturated carbocycles. The van der Waals surface area contributed by atoms with Gasteiger partial charge in [0.1, 0.15) is 11.6 Å². The van der Waals surface area contributed by atoms with Gasteiger partial charge in [0, 0.05) is 12.1 Å². The van der Waals surface area contributed by atoms with E-state index in [0.717, 1.165) is 16.8 Å². The third-order valence-electron chi connectivity index (χ3n) is 4.25. The van der Waals surface area contributed by atoms with Gasteiger partial charge in [0.25, 0.3) is 0 Å². The average molecular weight is 395 g/mol. The molecule has 0 fully saturated rings. The SMILES string of the molecule is NS(=O)(=O)c1ccc(CNc2ccc3ncc(-c4ccc(O)cc4)n3n2)cc1. The number of hydrogen-bond acceptors (Lipinski definition) is 6. The molecule has 2 aromatic heterocycles. The summed E-state index contributed by atoms with van der Waals surface area (Å²) >= 11 is 0. The van der Waals surface area contributed by atoms with Crippen molar-refractivity contribution in [3.05, 3.63) is 72.4 Å². The molecular formula is C19H17N5O3S. The number of aromatic nitrogens is 3. The Morgan fingerprint density at radius 3 is 2.39 bits per heavy atom. The van der Waals surface area contributed by atoms with E-state index in [1.54, 1.807) is 47.1 Å². The normalized spacial score (nSPS) is 11.6.